The molecule has 0 aliphatic carbocycles. The molecule has 10 nitrogen and oxygen atoms in total. The van der Waals surface area contributed by atoms with Gasteiger partial charge in [0.2, 0.25) is 11.7 Å². The fourth-order valence-electron chi connectivity index (χ4n) is 4.53. The fourth-order valence-corrected chi connectivity index (χ4v) is 4.53. The van der Waals surface area contributed by atoms with Gasteiger partial charge in [-0.25, -0.2) is 9.37 Å². The third-order valence-corrected chi connectivity index (χ3v) is 6.69. The molecule has 15 heteroatoms. The van der Waals surface area contributed by atoms with E-state index in [4.69, 9.17) is 20.9 Å². The highest BCUT2D eigenvalue weighted by atomic mass is 19.4. The molecule has 1 fully saturated rings. The number of carbonyl (C=O) groups is 3. The van der Waals surface area contributed by atoms with E-state index in [9.17, 15) is 36.3 Å². The number of anilines is 2. The van der Waals surface area contributed by atoms with Gasteiger partial charge in [-0.2, -0.15) is 17.6 Å². The minimum atomic E-state index is -4.96. The molecule has 1 aromatic carbocycles. The minimum absolute atomic E-state index is 0.105. The lowest BCUT2D eigenvalue weighted by molar-refractivity contribution is -0.272. The van der Waals surface area contributed by atoms with Crippen LogP contribution in [-0.4, -0.2) is 53.7 Å². The van der Waals surface area contributed by atoms with E-state index in [1.165, 1.54) is 0 Å². The number of nitrogens with two attached hydrogens (primary N) is 2. The molecule has 40 heavy (non-hydrogen) atoms. The van der Waals surface area contributed by atoms with Crippen molar-refractivity contribution in [3.8, 4) is 5.75 Å². The van der Waals surface area contributed by atoms with Crippen LogP contribution in [-0.2, 0) is 14.3 Å². The maximum Gasteiger partial charge on any atom is 0.417 e. The molecular formula is C25H28F5N5O5. The lowest BCUT2D eigenvalue weighted by Crippen LogP contribution is -2.47. The van der Waals surface area contributed by atoms with Gasteiger partial charge in [0.05, 0.1) is 7.11 Å². The number of aromatic nitrogens is 1. The number of alkyl halides is 3. The summed E-state index contributed by atoms with van der Waals surface area (Å²) < 4.78 is 81.1. The third kappa shape index (κ3) is 5.99. The van der Waals surface area contributed by atoms with E-state index >= 15 is 0 Å². The van der Waals surface area contributed by atoms with E-state index in [-0.39, 0.29) is 29.2 Å². The Hall–Kier alpha value is -3.85. The Morgan fingerprint density at radius 3 is 2.40 bits per heavy atom. The second kappa shape index (κ2) is 11.3. The Morgan fingerprint density at radius 1 is 1.20 bits per heavy atom. The number of amides is 3. The molecule has 0 spiro atoms. The topological polar surface area (TPSA) is 159 Å². The molecule has 3 rings (SSSR count). The van der Waals surface area contributed by atoms with Crippen LogP contribution in [0.15, 0.2) is 24.3 Å². The van der Waals surface area contributed by atoms with Crippen molar-refractivity contribution < 1.29 is 45.8 Å². The summed E-state index contributed by atoms with van der Waals surface area (Å²) in [7, 11) is 1.00. The van der Waals surface area contributed by atoms with Gasteiger partial charge in [-0.15, -0.1) is 0 Å². The van der Waals surface area contributed by atoms with Crippen molar-refractivity contribution in [3.63, 3.8) is 0 Å². The first-order valence-electron chi connectivity index (χ1n) is 11.9. The monoisotopic (exact) mass is 573 g/mol. The van der Waals surface area contributed by atoms with E-state index in [2.05, 4.69) is 15.6 Å². The molecular weight excluding hydrogens is 545 g/mol. The fraction of sp³-hybridized carbons (Fsp3) is 0.440. The largest absolute Gasteiger partial charge is 0.493 e. The molecule has 5 atom stereocenters. The number of pyridine rings is 1. The van der Waals surface area contributed by atoms with Crippen LogP contribution in [0, 0.1) is 17.6 Å². The van der Waals surface area contributed by atoms with Crippen LogP contribution >= 0.6 is 0 Å². The summed E-state index contributed by atoms with van der Waals surface area (Å²) in [6.45, 7) is 3.48. The molecule has 6 N–H and O–H groups in total. The zero-order chi connectivity index (χ0) is 30.2. The minimum Gasteiger partial charge on any atom is -0.493 e. The predicted octanol–water partition coefficient (Wildman–Crippen LogP) is 3.22. The number of hydrogen-bond donors (Lipinski definition) is 4. The molecule has 1 saturated heterocycles. The third-order valence-electron chi connectivity index (χ3n) is 6.69. The summed E-state index contributed by atoms with van der Waals surface area (Å²) in [5.74, 6) is -9.28. The summed E-state index contributed by atoms with van der Waals surface area (Å²) in [6, 6.07) is 3.40. The number of halogens is 5. The standard InChI is InChI=1S/C25H28F5N5O5/c1-10(31)7-17(36)35-16-9-12(8-15(34-16)22(32)37)33-23(38)21-18(11(2)24(3,40-21)25(28,29)30)13-5-6-14(26)19(27)20(13)39-4/h5-6,8-11,18,21H,7,31H2,1-4H3,(H2,32,37)(H2,33,34,35,36,38)/t10-,11+,18+,21-,24-/m1/s1. The first-order chi connectivity index (χ1) is 18.5. The summed E-state index contributed by atoms with van der Waals surface area (Å²) >= 11 is 0. The van der Waals surface area contributed by atoms with Crippen molar-refractivity contribution in [1.29, 1.82) is 0 Å². The molecule has 2 heterocycles. The summed E-state index contributed by atoms with van der Waals surface area (Å²) in [5, 5.41) is 4.73. The van der Waals surface area contributed by atoms with Crippen molar-refractivity contribution >= 4 is 29.2 Å². The van der Waals surface area contributed by atoms with Crippen LogP contribution in [0.3, 0.4) is 0 Å². The second-order valence-corrected chi connectivity index (χ2v) is 9.65. The number of methoxy groups -OCH3 is 1. The Bertz CT molecular complexity index is 1320. The number of hydrogen-bond acceptors (Lipinski definition) is 7. The molecule has 0 bridgehead atoms. The average molecular weight is 574 g/mol. The number of nitrogens with one attached hydrogen (secondary N) is 2. The van der Waals surface area contributed by atoms with Gasteiger partial charge in [0, 0.05) is 41.6 Å². The quantitative estimate of drug-likeness (QED) is 0.353. The highest BCUT2D eigenvalue weighted by Crippen LogP contribution is 2.55. The van der Waals surface area contributed by atoms with Crippen molar-refractivity contribution in [3.05, 3.63) is 47.2 Å². The summed E-state index contributed by atoms with van der Waals surface area (Å²) in [6.07, 6.45) is -6.95. The molecule has 1 aliphatic heterocycles. The van der Waals surface area contributed by atoms with Crippen molar-refractivity contribution in [2.75, 3.05) is 17.7 Å². The smallest absolute Gasteiger partial charge is 0.417 e. The maximum atomic E-state index is 14.5. The predicted molar refractivity (Wildman–Crippen MR) is 132 cm³/mol. The van der Waals surface area contributed by atoms with Crippen LogP contribution < -0.4 is 26.8 Å². The molecule has 1 aliphatic rings. The van der Waals surface area contributed by atoms with Crippen molar-refractivity contribution in [2.45, 2.75) is 57.0 Å². The number of carbonyl (C=O) groups excluding carboxylic acids is 3. The van der Waals surface area contributed by atoms with Crippen LogP contribution in [0.1, 0.15) is 49.2 Å². The molecule has 0 unspecified atom stereocenters. The van der Waals surface area contributed by atoms with Crippen LogP contribution in [0.4, 0.5) is 33.5 Å². The molecule has 0 radical (unpaired) electrons. The molecule has 218 valence electrons. The molecule has 0 saturated carbocycles. The number of benzene rings is 1. The number of primary amides is 1. The maximum absolute atomic E-state index is 14.5. The van der Waals surface area contributed by atoms with Gasteiger partial charge in [-0.05, 0) is 26.0 Å². The van der Waals surface area contributed by atoms with Gasteiger partial charge < -0.3 is 31.6 Å². The van der Waals surface area contributed by atoms with E-state index in [0.717, 1.165) is 39.2 Å². The summed E-state index contributed by atoms with van der Waals surface area (Å²) in [4.78, 5) is 41.2. The van der Waals surface area contributed by atoms with Gasteiger partial charge in [0.25, 0.3) is 11.8 Å². The average Bonchev–Trinajstić information content (AvgIpc) is 3.11. The van der Waals surface area contributed by atoms with E-state index in [0.29, 0.717) is 6.07 Å². The SMILES string of the molecule is COc1c([C@H]2[C@H](C(=O)Nc3cc(NC(=O)C[C@@H](C)N)nc(C(N)=O)c3)O[C@@](C)(C(F)(F)F)[C@H]2C)ccc(F)c1F. The van der Waals surface area contributed by atoms with Crippen LogP contribution in [0.5, 0.6) is 5.75 Å². The van der Waals surface area contributed by atoms with E-state index in [1.54, 1.807) is 6.92 Å². The first kappa shape index (κ1) is 30.7. The Labute approximate surface area is 225 Å². The Morgan fingerprint density at radius 2 is 1.85 bits per heavy atom. The highest BCUT2D eigenvalue weighted by Gasteiger charge is 2.66. The van der Waals surface area contributed by atoms with Gasteiger partial charge in [-0.3, -0.25) is 14.4 Å². The van der Waals surface area contributed by atoms with Crippen molar-refractivity contribution in [1.82, 2.24) is 4.98 Å². The van der Waals surface area contributed by atoms with Crippen LogP contribution in [0.25, 0.3) is 0 Å². The zero-order valence-electron chi connectivity index (χ0n) is 21.9. The van der Waals surface area contributed by atoms with Gasteiger partial charge >= 0.3 is 6.18 Å². The first-order valence-corrected chi connectivity index (χ1v) is 11.9. The molecule has 3 amide bonds. The van der Waals surface area contributed by atoms with Gasteiger partial charge in [0.1, 0.15) is 17.6 Å². The lowest BCUT2D eigenvalue weighted by atomic mass is 9.77. The van der Waals surface area contributed by atoms with Crippen molar-refractivity contribution in [2.24, 2.45) is 17.4 Å². The zero-order valence-corrected chi connectivity index (χ0v) is 21.9. The van der Waals surface area contributed by atoms with Gasteiger partial charge in [0.15, 0.2) is 17.2 Å². The Balaban J connectivity index is 2.05. The molecule has 1 aromatic heterocycles. The van der Waals surface area contributed by atoms with Gasteiger partial charge in [-0.1, -0.05) is 13.0 Å². The van der Waals surface area contributed by atoms with E-state index < -0.39 is 70.9 Å². The highest BCUT2D eigenvalue weighted by molar-refractivity contribution is 5.99. The number of nitrogens with zero attached hydrogens (tertiary/aromatic N) is 1. The molecule has 2 aromatic rings. The van der Waals surface area contributed by atoms with E-state index in [1.807, 2.05) is 0 Å². The Kier molecular flexibility index (Phi) is 8.69. The van der Waals surface area contributed by atoms with Crippen LogP contribution in [0.2, 0.25) is 0 Å². The second-order valence-electron chi connectivity index (χ2n) is 9.65. The summed E-state index contributed by atoms with van der Waals surface area (Å²) in [5.41, 5.74) is 7.25. The lowest BCUT2D eigenvalue weighted by Gasteiger charge is -2.32. The number of ether oxygens (including phenoxy) is 2. The normalized spacial score (nSPS) is 23.4. The number of rotatable bonds is 8.